The van der Waals surface area contributed by atoms with Gasteiger partial charge in [0.2, 0.25) is 0 Å². The van der Waals surface area contributed by atoms with Crippen molar-refractivity contribution in [1.29, 1.82) is 0 Å². The minimum absolute atomic E-state index is 0.910. The van der Waals surface area contributed by atoms with Crippen LogP contribution in [0.1, 0.15) is 0 Å². The normalized spacial score (nSPS) is 12.2. The van der Waals surface area contributed by atoms with E-state index in [0.717, 1.165) is 33.3 Å². The molecular weight excluding hydrogens is 653 g/mol. The van der Waals surface area contributed by atoms with E-state index in [2.05, 4.69) is 173 Å². The van der Waals surface area contributed by atoms with E-state index >= 15 is 0 Å². The highest BCUT2D eigenvalue weighted by Crippen LogP contribution is 2.43. The topological polar surface area (TPSA) is 23.0 Å². The van der Waals surface area contributed by atoms with Gasteiger partial charge in [-0.1, -0.05) is 91.0 Å². The molecule has 0 aliphatic rings. The van der Waals surface area contributed by atoms with Crippen LogP contribution in [0, 0.1) is 0 Å². The molecule has 52 heavy (non-hydrogen) atoms. The molecule has 4 aromatic heterocycles. The van der Waals surface area contributed by atoms with Gasteiger partial charge < -0.3 is 13.6 Å². The molecule has 0 N–H and O–H groups in total. The van der Waals surface area contributed by atoms with Gasteiger partial charge in [-0.05, 0) is 90.0 Å². The number of rotatable bonds is 3. The van der Waals surface area contributed by atoms with Crippen LogP contribution in [0.15, 0.2) is 174 Å². The van der Waals surface area contributed by atoms with Gasteiger partial charge in [0, 0.05) is 63.9 Å². The Morgan fingerprint density at radius 1 is 0.327 bits per heavy atom. The van der Waals surface area contributed by atoms with E-state index in [0.29, 0.717) is 0 Å². The number of benzene rings is 8. The lowest BCUT2D eigenvalue weighted by Gasteiger charge is -2.10. The SMILES string of the molecule is c1ccc(-n2c3cc(-c4ccc5c(c4)c4cc6oc7ccccc7c6cc4n5-c4ccccc4)ccc3c3cc4c(cc32)sc2ccccc24)cc1. The molecule has 12 aromatic rings. The molecule has 0 aliphatic heterocycles. The van der Waals surface area contributed by atoms with Crippen LogP contribution in [-0.2, 0) is 0 Å². The Hall–Kier alpha value is -6.62. The van der Waals surface area contributed by atoms with Crippen molar-refractivity contribution >= 4 is 97.1 Å². The second-order valence-electron chi connectivity index (χ2n) is 13.7. The summed E-state index contributed by atoms with van der Waals surface area (Å²) in [5, 5.41) is 9.84. The van der Waals surface area contributed by atoms with Gasteiger partial charge in [0.25, 0.3) is 0 Å². The summed E-state index contributed by atoms with van der Waals surface area (Å²) >= 11 is 1.87. The molecule has 4 heteroatoms. The minimum Gasteiger partial charge on any atom is -0.456 e. The monoisotopic (exact) mass is 680 g/mol. The summed E-state index contributed by atoms with van der Waals surface area (Å²) in [7, 11) is 0. The molecule has 0 bridgehead atoms. The molecule has 242 valence electrons. The van der Waals surface area contributed by atoms with Gasteiger partial charge in [-0.15, -0.1) is 11.3 Å². The van der Waals surface area contributed by atoms with Crippen LogP contribution in [0.3, 0.4) is 0 Å². The first-order valence-corrected chi connectivity index (χ1v) is 18.5. The van der Waals surface area contributed by atoms with E-state index in [9.17, 15) is 0 Å². The molecule has 0 amide bonds. The van der Waals surface area contributed by atoms with Crippen molar-refractivity contribution in [2.45, 2.75) is 0 Å². The maximum absolute atomic E-state index is 6.41. The Bertz CT molecular complexity index is 3400. The molecule has 0 atom stereocenters. The van der Waals surface area contributed by atoms with Crippen LogP contribution < -0.4 is 0 Å². The standard InChI is InChI=1S/C48H28N2OS/c1-3-11-31(12-4-1)49-41-22-20-29(23-36(41)38-27-46-39(26-43(38)49)34-15-7-9-17-45(34)51-46)30-19-21-33-37-25-40-35-16-8-10-18-47(35)52-48(40)28-44(37)50(42(33)24-30)32-13-5-2-6-14-32/h1-28H. The zero-order valence-corrected chi connectivity index (χ0v) is 28.7. The molecule has 4 heterocycles. The van der Waals surface area contributed by atoms with Crippen molar-refractivity contribution in [3.63, 3.8) is 0 Å². The number of para-hydroxylation sites is 3. The Morgan fingerprint density at radius 3 is 1.77 bits per heavy atom. The molecule has 0 saturated heterocycles. The molecule has 0 spiro atoms. The van der Waals surface area contributed by atoms with Gasteiger partial charge in [-0.2, -0.15) is 0 Å². The number of nitrogens with zero attached hydrogens (tertiary/aromatic N) is 2. The van der Waals surface area contributed by atoms with Crippen LogP contribution in [0.5, 0.6) is 0 Å². The highest BCUT2D eigenvalue weighted by molar-refractivity contribution is 7.25. The summed E-state index contributed by atoms with van der Waals surface area (Å²) in [4.78, 5) is 0. The molecule has 3 nitrogen and oxygen atoms in total. The predicted octanol–water partition coefficient (Wildman–Crippen LogP) is 13.8. The van der Waals surface area contributed by atoms with Crippen molar-refractivity contribution in [1.82, 2.24) is 9.13 Å². The fraction of sp³-hybridized carbons (Fsp3) is 0. The van der Waals surface area contributed by atoms with Crippen molar-refractivity contribution in [2.75, 3.05) is 0 Å². The Balaban J connectivity index is 1.12. The zero-order valence-electron chi connectivity index (χ0n) is 27.9. The Kier molecular flexibility index (Phi) is 5.65. The fourth-order valence-corrected chi connectivity index (χ4v) is 9.66. The lowest BCUT2D eigenvalue weighted by molar-refractivity contribution is 0.669. The summed E-state index contributed by atoms with van der Waals surface area (Å²) in [6.45, 7) is 0. The van der Waals surface area contributed by atoms with Crippen molar-refractivity contribution in [3.8, 4) is 22.5 Å². The van der Waals surface area contributed by atoms with E-state index in [4.69, 9.17) is 4.42 Å². The molecule has 8 aromatic carbocycles. The molecule has 0 aliphatic carbocycles. The summed E-state index contributed by atoms with van der Waals surface area (Å²) in [6, 6.07) is 61.8. The number of fused-ring (bicyclic) bond motifs is 12. The Morgan fingerprint density at radius 2 is 0.942 bits per heavy atom. The second-order valence-corrected chi connectivity index (χ2v) is 14.8. The van der Waals surface area contributed by atoms with E-state index in [-0.39, 0.29) is 0 Å². The van der Waals surface area contributed by atoms with Gasteiger partial charge in [0.05, 0.1) is 22.1 Å². The summed E-state index contributed by atoms with van der Waals surface area (Å²) in [5.41, 5.74) is 11.3. The molecule has 0 saturated carbocycles. The first kappa shape index (κ1) is 28.1. The molecule has 0 fully saturated rings. The van der Waals surface area contributed by atoms with Crippen LogP contribution in [0.25, 0.3) is 108 Å². The maximum Gasteiger partial charge on any atom is 0.136 e. The van der Waals surface area contributed by atoms with Crippen LogP contribution in [-0.4, -0.2) is 9.13 Å². The molecule has 12 rings (SSSR count). The summed E-state index contributed by atoms with van der Waals surface area (Å²) < 4.78 is 13.9. The number of hydrogen-bond acceptors (Lipinski definition) is 2. The summed E-state index contributed by atoms with van der Waals surface area (Å²) in [5.74, 6) is 0. The Labute approximate surface area is 301 Å². The van der Waals surface area contributed by atoms with Gasteiger partial charge in [-0.3, -0.25) is 0 Å². The number of aromatic nitrogens is 2. The highest BCUT2D eigenvalue weighted by atomic mass is 32.1. The van der Waals surface area contributed by atoms with Crippen LogP contribution >= 0.6 is 11.3 Å². The van der Waals surface area contributed by atoms with E-state index in [1.54, 1.807) is 0 Å². The maximum atomic E-state index is 6.41. The highest BCUT2D eigenvalue weighted by Gasteiger charge is 2.19. The lowest BCUT2D eigenvalue weighted by Crippen LogP contribution is -1.93. The van der Waals surface area contributed by atoms with Crippen molar-refractivity contribution in [3.05, 3.63) is 170 Å². The predicted molar refractivity (Wildman–Crippen MR) is 221 cm³/mol. The molecular formula is C48H28N2OS. The zero-order chi connectivity index (χ0) is 33.9. The van der Waals surface area contributed by atoms with E-state index < -0.39 is 0 Å². The average Bonchev–Trinajstić information content (AvgIpc) is 3.93. The average molecular weight is 681 g/mol. The number of thiophene rings is 1. The smallest absolute Gasteiger partial charge is 0.136 e. The van der Waals surface area contributed by atoms with Gasteiger partial charge in [0.15, 0.2) is 0 Å². The third-order valence-electron chi connectivity index (χ3n) is 10.9. The van der Waals surface area contributed by atoms with Crippen LogP contribution in [0.2, 0.25) is 0 Å². The minimum atomic E-state index is 0.910. The van der Waals surface area contributed by atoms with Gasteiger partial charge in [-0.25, -0.2) is 0 Å². The van der Waals surface area contributed by atoms with Gasteiger partial charge >= 0.3 is 0 Å². The quantitative estimate of drug-likeness (QED) is 0.182. The van der Waals surface area contributed by atoms with E-state index in [1.807, 2.05) is 17.4 Å². The molecule has 0 unspecified atom stereocenters. The second kappa shape index (κ2) is 10.5. The first-order valence-electron chi connectivity index (χ1n) is 17.7. The van der Waals surface area contributed by atoms with Crippen LogP contribution in [0.4, 0.5) is 0 Å². The largest absolute Gasteiger partial charge is 0.456 e. The fourth-order valence-electron chi connectivity index (χ4n) is 8.54. The summed E-state index contributed by atoms with van der Waals surface area (Å²) in [6.07, 6.45) is 0. The number of hydrogen-bond donors (Lipinski definition) is 0. The van der Waals surface area contributed by atoms with Crippen molar-refractivity contribution in [2.24, 2.45) is 0 Å². The lowest BCUT2D eigenvalue weighted by atomic mass is 10.0. The third kappa shape index (κ3) is 3.90. The number of furan rings is 1. The first-order chi connectivity index (χ1) is 25.8. The third-order valence-corrected chi connectivity index (χ3v) is 12.0. The van der Waals surface area contributed by atoms with Crippen molar-refractivity contribution < 1.29 is 4.42 Å². The molecule has 0 radical (unpaired) electrons. The van der Waals surface area contributed by atoms with Gasteiger partial charge in [0.1, 0.15) is 11.2 Å². The van der Waals surface area contributed by atoms with E-state index in [1.165, 1.54) is 74.9 Å².